The van der Waals surface area contributed by atoms with E-state index in [9.17, 15) is 0 Å². The van der Waals surface area contributed by atoms with Crippen molar-refractivity contribution < 1.29 is 9.30 Å². The summed E-state index contributed by atoms with van der Waals surface area (Å²) in [5.74, 6) is 1.71. The van der Waals surface area contributed by atoms with Crippen LogP contribution in [0.4, 0.5) is 11.4 Å². The van der Waals surface area contributed by atoms with E-state index < -0.39 is 0 Å². The van der Waals surface area contributed by atoms with Crippen LogP contribution in [0.1, 0.15) is 17.5 Å². The van der Waals surface area contributed by atoms with Crippen molar-refractivity contribution in [2.45, 2.75) is 19.3 Å². The number of pyridine rings is 1. The molecule has 0 amide bonds. The molecule has 4 nitrogen and oxygen atoms in total. The first-order valence-corrected chi connectivity index (χ1v) is 10.4. The van der Waals surface area contributed by atoms with Crippen molar-refractivity contribution in [1.29, 1.82) is 0 Å². The van der Waals surface area contributed by atoms with Gasteiger partial charge in [-0.15, -0.1) is 0 Å². The summed E-state index contributed by atoms with van der Waals surface area (Å²) in [6.07, 6.45) is 5.24. The molecule has 0 fully saturated rings. The van der Waals surface area contributed by atoms with Crippen LogP contribution in [0.25, 0.3) is 0 Å². The molecule has 0 N–H and O–H groups in total. The van der Waals surface area contributed by atoms with Gasteiger partial charge in [0, 0.05) is 30.1 Å². The average Bonchev–Trinajstić information content (AvgIpc) is 2.87. The molecule has 0 unspecified atom stereocenters. The number of para-hydroxylation sites is 1. The number of benzene rings is 2. The van der Waals surface area contributed by atoms with Crippen molar-refractivity contribution >= 4 is 11.4 Å². The second kappa shape index (κ2) is 8.66. The van der Waals surface area contributed by atoms with Gasteiger partial charge in [-0.1, -0.05) is 24.3 Å². The molecule has 29 heavy (non-hydrogen) atoms. The van der Waals surface area contributed by atoms with Crippen molar-refractivity contribution in [2.75, 3.05) is 32.1 Å². The smallest absolute Gasteiger partial charge is 0.373 e. The van der Waals surface area contributed by atoms with Crippen LogP contribution >= 0.6 is 0 Å². The second-order valence-electron chi connectivity index (χ2n) is 7.98. The number of aromatic nitrogens is 1. The highest BCUT2D eigenvalue weighted by molar-refractivity contribution is 5.72. The monoisotopic (exact) mass is 388 g/mol. The fraction of sp³-hybridized carbons (Fsp3) is 0.320. The minimum absolute atomic E-state index is 0.834. The number of fused-ring (bicyclic) bond motifs is 2. The maximum absolute atomic E-state index is 6.22. The Balaban J connectivity index is 1.69. The molecule has 0 radical (unpaired) electrons. The normalized spacial score (nSPS) is 13.0. The van der Waals surface area contributed by atoms with Gasteiger partial charge in [-0.2, -0.15) is 4.57 Å². The molecule has 0 saturated carbocycles. The van der Waals surface area contributed by atoms with E-state index in [1.807, 2.05) is 36.0 Å². The molecule has 0 bridgehead atoms. The molecule has 1 aromatic heterocycles. The zero-order valence-corrected chi connectivity index (χ0v) is 17.6. The first-order valence-electron chi connectivity index (χ1n) is 10.4. The Labute approximate surface area is 174 Å². The summed E-state index contributed by atoms with van der Waals surface area (Å²) in [6.45, 7) is 2.06. The van der Waals surface area contributed by atoms with Crippen molar-refractivity contribution in [3.05, 3.63) is 78.0 Å². The van der Waals surface area contributed by atoms with Crippen molar-refractivity contribution in [3.63, 3.8) is 0 Å². The highest BCUT2D eigenvalue weighted by atomic mass is 16.5. The van der Waals surface area contributed by atoms with Gasteiger partial charge < -0.3 is 14.5 Å². The van der Waals surface area contributed by atoms with Gasteiger partial charge in [0.25, 0.3) is 0 Å². The molecule has 2 aromatic carbocycles. The summed E-state index contributed by atoms with van der Waals surface area (Å²) in [4.78, 5) is 4.73. The van der Waals surface area contributed by atoms with Crippen LogP contribution < -0.4 is 14.2 Å². The molecular weight excluding hydrogens is 358 g/mol. The molecular formula is C25H30N3O+. The number of nitrogens with zero attached hydrogens (tertiary/aromatic N) is 3. The number of ether oxygens (including phenoxy) is 1. The van der Waals surface area contributed by atoms with Crippen molar-refractivity contribution in [2.24, 2.45) is 7.05 Å². The van der Waals surface area contributed by atoms with E-state index in [1.54, 1.807) is 0 Å². The van der Waals surface area contributed by atoms with Gasteiger partial charge in [-0.3, -0.25) is 0 Å². The highest BCUT2D eigenvalue weighted by Crippen LogP contribution is 2.38. The van der Waals surface area contributed by atoms with E-state index in [-0.39, 0.29) is 0 Å². The van der Waals surface area contributed by atoms with E-state index in [0.29, 0.717) is 0 Å². The minimum Gasteiger partial charge on any atom is -0.405 e. The molecule has 1 aliphatic heterocycles. The Morgan fingerprint density at radius 1 is 0.931 bits per heavy atom. The molecule has 3 aromatic rings. The number of hydrogen-bond acceptors (Lipinski definition) is 3. The molecule has 0 spiro atoms. The predicted octanol–water partition coefficient (Wildman–Crippen LogP) is 4.49. The third kappa shape index (κ3) is 4.43. The van der Waals surface area contributed by atoms with Gasteiger partial charge in [-0.05, 0) is 69.2 Å². The Hall–Kier alpha value is -2.85. The minimum atomic E-state index is 0.834. The summed E-state index contributed by atoms with van der Waals surface area (Å²) < 4.78 is 8.22. The quantitative estimate of drug-likeness (QED) is 0.580. The summed E-state index contributed by atoms with van der Waals surface area (Å²) in [5, 5.41) is 0. The van der Waals surface area contributed by atoms with Crippen LogP contribution in [0.15, 0.2) is 66.9 Å². The number of aryl methyl sites for hydroxylation is 3. The predicted molar refractivity (Wildman–Crippen MR) is 118 cm³/mol. The fourth-order valence-corrected chi connectivity index (χ4v) is 3.97. The SMILES string of the molecule is CN(C)CCCN1c2ccccc2CCc2ccc(Oc3cccc[n+]3C)cc21. The lowest BCUT2D eigenvalue weighted by atomic mass is 10.0. The lowest BCUT2D eigenvalue weighted by Crippen LogP contribution is -2.28. The van der Waals surface area contributed by atoms with Gasteiger partial charge in [0.15, 0.2) is 6.20 Å². The summed E-state index contributed by atoms with van der Waals surface area (Å²) in [7, 11) is 6.27. The van der Waals surface area contributed by atoms with Gasteiger partial charge in [-0.25, -0.2) is 0 Å². The van der Waals surface area contributed by atoms with Gasteiger partial charge in [0.05, 0.1) is 6.07 Å². The van der Waals surface area contributed by atoms with E-state index >= 15 is 0 Å². The summed E-state index contributed by atoms with van der Waals surface area (Å²) >= 11 is 0. The third-order valence-electron chi connectivity index (χ3n) is 5.51. The molecule has 4 heteroatoms. The van der Waals surface area contributed by atoms with Crippen LogP contribution in [0.2, 0.25) is 0 Å². The van der Waals surface area contributed by atoms with Gasteiger partial charge in [0.1, 0.15) is 12.8 Å². The Morgan fingerprint density at radius 3 is 2.48 bits per heavy atom. The summed E-state index contributed by atoms with van der Waals surface area (Å²) in [5.41, 5.74) is 5.40. The fourth-order valence-electron chi connectivity index (χ4n) is 3.97. The Kier molecular flexibility index (Phi) is 5.81. The molecule has 0 aliphatic carbocycles. The maximum atomic E-state index is 6.22. The average molecular weight is 389 g/mol. The summed E-state index contributed by atoms with van der Waals surface area (Å²) in [6, 6.07) is 21.4. The van der Waals surface area contributed by atoms with E-state index in [4.69, 9.17) is 4.74 Å². The molecule has 0 atom stereocenters. The first-order chi connectivity index (χ1) is 14.1. The standard InChI is InChI=1S/C25H30N3O/c1-26(2)16-8-18-28-23-10-5-4-9-20(23)12-13-21-14-15-22(19-24(21)28)29-25-11-6-7-17-27(25)3/h4-7,9-11,14-15,17,19H,8,12-13,16,18H2,1-3H3/q+1. The van der Waals surface area contributed by atoms with Crippen LogP contribution in [0, 0.1) is 0 Å². The number of hydrogen-bond donors (Lipinski definition) is 0. The Bertz CT molecular complexity index is 983. The zero-order valence-electron chi connectivity index (χ0n) is 17.6. The first kappa shape index (κ1) is 19.5. The lowest BCUT2D eigenvalue weighted by Gasteiger charge is -2.28. The number of rotatable bonds is 6. The number of anilines is 2. The highest BCUT2D eigenvalue weighted by Gasteiger charge is 2.21. The molecule has 0 saturated heterocycles. The van der Waals surface area contributed by atoms with E-state index in [2.05, 4.69) is 66.4 Å². The largest absolute Gasteiger partial charge is 0.405 e. The topological polar surface area (TPSA) is 19.6 Å². The lowest BCUT2D eigenvalue weighted by molar-refractivity contribution is -0.675. The van der Waals surface area contributed by atoms with Crippen LogP contribution in [-0.4, -0.2) is 32.1 Å². The van der Waals surface area contributed by atoms with Gasteiger partial charge in [0.2, 0.25) is 0 Å². The van der Waals surface area contributed by atoms with Gasteiger partial charge >= 0.3 is 5.88 Å². The Morgan fingerprint density at radius 2 is 1.69 bits per heavy atom. The van der Waals surface area contributed by atoms with Crippen LogP contribution in [-0.2, 0) is 19.9 Å². The van der Waals surface area contributed by atoms with Crippen molar-refractivity contribution in [3.8, 4) is 11.6 Å². The molecule has 4 rings (SSSR count). The molecule has 1 aliphatic rings. The third-order valence-corrected chi connectivity index (χ3v) is 5.51. The van der Waals surface area contributed by atoms with Crippen LogP contribution in [0.5, 0.6) is 11.6 Å². The van der Waals surface area contributed by atoms with Crippen LogP contribution in [0.3, 0.4) is 0 Å². The molecule has 150 valence electrons. The van der Waals surface area contributed by atoms with E-state index in [1.165, 1.54) is 22.5 Å². The van der Waals surface area contributed by atoms with E-state index in [0.717, 1.165) is 44.0 Å². The zero-order chi connectivity index (χ0) is 20.2. The maximum Gasteiger partial charge on any atom is 0.373 e. The second-order valence-corrected chi connectivity index (χ2v) is 7.98. The van der Waals surface area contributed by atoms with Crippen molar-refractivity contribution in [1.82, 2.24) is 4.90 Å². The molecule has 2 heterocycles.